The average Bonchev–Trinajstić information content (AvgIpc) is 2.13. The van der Waals surface area contributed by atoms with Gasteiger partial charge in [-0.1, -0.05) is 24.6 Å². The van der Waals surface area contributed by atoms with Gasteiger partial charge in [-0.25, -0.2) is 0 Å². The topological polar surface area (TPSA) is 12.0 Å². The van der Waals surface area contributed by atoms with Crippen LogP contribution < -0.4 is 5.32 Å². The molecule has 0 bridgehead atoms. The van der Waals surface area contributed by atoms with Crippen LogP contribution in [0.25, 0.3) is 0 Å². The number of thioether (sulfide) groups is 1. The van der Waals surface area contributed by atoms with Crippen LogP contribution in [0.15, 0.2) is 24.3 Å². The Bertz CT molecular complexity index is 252. The van der Waals surface area contributed by atoms with Crippen molar-refractivity contribution in [1.82, 2.24) is 0 Å². The van der Waals surface area contributed by atoms with E-state index < -0.39 is 0 Å². The van der Waals surface area contributed by atoms with Gasteiger partial charge in [0.25, 0.3) is 0 Å². The molecule has 0 saturated carbocycles. The number of hydrogen-bond donors (Lipinski definition) is 1. The van der Waals surface area contributed by atoms with Crippen LogP contribution in [-0.4, -0.2) is 18.1 Å². The van der Waals surface area contributed by atoms with Gasteiger partial charge in [0.2, 0.25) is 0 Å². The minimum Gasteiger partial charge on any atom is -0.384 e. The lowest BCUT2D eigenvalue weighted by Crippen LogP contribution is -2.03. The molecule has 3 heteroatoms. The first kappa shape index (κ1) is 10.7. The summed E-state index contributed by atoms with van der Waals surface area (Å²) in [6.07, 6.45) is 0. The van der Waals surface area contributed by atoms with E-state index in [0.29, 0.717) is 0 Å². The lowest BCUT2D eigenvalue weighted by atomic mass is 10.3. The molecule has 1 rings (SSSR count). The summed E-state index contributed by atoms with van der Waals surface area (Å²) >= 11 is 7.78. The van der Waals surface area contributed by atoms with E-state index in [0.717, 1.165) is 23.0 Å². The molecule has 0 saturated heterocycles. The summed E-state index contributed by atoms with van der Waals surface area (Å²) < 4.78 is 0. The molecule has 72 valence electrons. The van der Waals surface area contributed by atoms with Crippen LogP contribution in [-0.2, 0) is 0 Å². The molecule has 0 fully saturated rings. The van der Waals surface area contributed by atoms with Crippen molar-refractivity contribution in [2.24, 2.45) is 0 Å². The number of benzene rings is 1. The molecule has 0 aromatic heterocycles. The zero-order chi connectivity index (χ0) is 9.52. The second kappa shape index (κ2) is 6.17. The van der Waals surface area contributed by atoms with Gasteiger partial charge in [-0.2, -0.15) is 11.8 Å². The van der Waals surface area contributed by atoms with Gasteiger partial charge >= 0.3 is 0 Å². The van der Waals surface area contributed by atoms with Crippen LogP contribution in [0.1, 0.15) is 6.92 Å². The summed E-state index contributed by atoms with van der Waals surface area (Å²) in [6.45, 7) is 3.17. The zero-order valence-electron chi connectivity index (χ0n) is 7.72. The highest BCUT2D eigenvalue weighted by molar-refractivity contribution is 7.99. The van der Waals surface area contributed by atoms with Gasteiger partial charge < -0.3 is 5.32 Å². The first-order valence-electron chi connectivity index (χ1n) is 4.40. The smallest absolute Gasteiger partial charge is 0.0426 e. The highest BCUT2D eigenvalue weighted by atomic mass is 35.5. The van der Waals surface area contributed by atoms with Crippen molar-refractivity contribution in [3.8, 4) is 0 Å². The minimum atomic E-state index is 0.785. The predicted molar refractivity (Wildman–Crippen MR) is 62.9 cm³/mol. The highest BCUT2D eigenvalue weighted by Gasteiger charge is 1.92. The molecule has 0 atom stereocenters. The van der Waals surface area contributed by atoms with E-state index in [1.807, 2.05) is 36.0 Å². The fraction of sp³-hybridized carbons (Fsp3) is 0.400. The normalized spacial score (nSPS) is 10.0. The van der Waals surface area contributed by atoms with Crippen LogP contribution in [0.3, 0.4) is 0 Å². The molecule has 0 aliphatic heterocycles. The van der Waals surface area contributed by atoms with Crippen molar-refractivity contribution in [2.45, 2.75) is 6.92 Å². The van der Waals surface area contributed by atoms with E-state index >= 15 is 0 Å². The third kappa shape index (κ3) is 4.44. The van der Waals surface area contributed by atoms with Crippen molar-refractivity contribution in [3.05, 3.63) is 29.3 Å². The molecule has 1 nitrogen and oxygen atoms in total. The van der Waals surface area contributed by atoms with Gasteiger partial charge in [-0.3, -0.25) is 0 Å². The van der Waals surface area contributed by atoms with Crippen LogP contribution in [0.5, 0.6) is 0 Å². The van der Waals surface area contributed by atoms with E-state index in [1.54, 1.807) is 0 Å². The molecule has 0 unspecified atom stereocenters. The van der Waals surface area contributed by atoms with Gasteiger partial charge in [0, 0.05) is 23.0 Å². The number of rotatable bonds is 5. The van der Waals surface area contributed by atoms with E-state index in [4.69, 9.17) is 11.6 Å². The predicted octanol–water partition coefficient (Wildman–Crippen LogP) is 3.51. The summed E-state index contributed by atoms with van der Waals surface area (Å²) in [7, 11) is 0. The maximum absolute atomic E-state index is 5.84. The van der Waals surface area contributed by atoms with E-state index in [9.17, 15) is 0 Å². The second-order valence-electron chi connectivity index (χ2n) is 2.63. The Hall–Kier alpha value is -0.340. The van der Waals surface area contributed by atoms with Gasteiger partial charge in [0.05, 0.1) is 0 Å². The van der Waals surface area contributed by atoms with Crippen LogP contribution in [0.2, 0.25) is 5.02 Å². The summed E-state index contributed by atoms with van der Waals surface area (Å²) in [6, 6.07) is 7.81. The number of hydrogen-bond acceptors (Lipinski definition) is 2. The Kier molecular flexibility index (Phi) is 5.09. The Morgan fingerprint density at radius 3 is 3.00 bits per heavy atom. The minimum absolute atomic E-state index is 0.785. The summed E-state index contributed by atoms with van der Waals surface area (Å²) in [5.74, 6) is 2.32. The van der Waals surface area contributed by atoms with Crippen LogP contribution in [0.4, 0.5) is 5.69 Å². The number of nitrogens with one attached hydrogen (secondary N) is 1. The van der Waals surface area contributed by atoms with Crippen LogP contribution in [0, 0.1) is 0 Å². The maximum atomic E-state index is 5.84. The molecular weight excluding hydrogens is 202 g/mol. The molecule has 1 N–H and O–H groups in total. The van der Waals surface area contributed by atoms with Gasteiger partial charge in [0.1, 0.15) is 0 Å². The lowest BCUT2D eigenvalue weighted by molar-refractivity contribution is 1.23. The Balaban J connectivity index is 2.28. The highest BCUT2D eigenvalue weighted by Crippen LogP contribution is 2.14. The summed E-state index contributed by atoms with van der Waals surface area (Å²) in [5.41, 5.74) is 1.10. The molecule has 0 aliphatic rings. The first-order valence-corrected chi connectivity index (χ1v) is 5.93. The molecule has 0 radical (unpaired) electrons. The third-order valence-corrected chi connectivity index (χ3v) is 2.74. The Morgan fingerprint density at radius 1 is 1.46 bits per heavy atom. The van der Waals surface area contributed by atoms with Crippen molar-refractivity contribution >= 4 is 29.1 Å². The molecule has 13 heavy (non-hydrogen) atoms. The molecule has 0 amide bonds. The van der Waals surface area contributed by atoms with Crippen molar-refractivity contribution in [3.63, 3.8) is 0 Å². The SMILES string of the molecule is CCSCCNc1cccc(Cl)c1. The quantitative estimate of drug-likeness (QED) is 0.755. The number of halogens is 1. The van der Waals surface area contributed by atoms with Gasteiger partial charge in [0.15, 0.2) is 0 Å². The van der Waals surface area contributed by atoms with Gasteiger partial charge in [-0.15, -0.1) is 0 Å². The molecule has 0 heterocycles. The third-order valence-electron chi connectivity index (χ3n) is 1.60. The van der Waals surface area contributed by atoms with Crippen molar-refractivity contribution in [1.29, 1.82) is 0 Å². The second-order valence-corrected chi connectivity index (χ2v) is 4.46. The molecule has 0 aliphatic carbocycles. The molecule has 0 spiro atoms. The fourth-order valence-electron chi connectivity index (χ4n) is 1.01. The molecule has 1 aromatic carbocycles. The largest absolute Gasteiger partial charge is 0.384 e. The van der Waals surface area contributed by atoms with E-state index in [-0.39, 0.29) is 0 Å². The number of anilines is 1. The van der Waals surface area contributed by atoms with E-state index in [1.165, 1.54) is 5.75 Å². The standard InChI is InChI=1S/C10H14ClNS/c1-2-13-7-6-12-10-5-3-4-9(11)8-10/h3-5,8,12H,2,6-7H2,1H3. The molecular formula is C10H14ClNS. The first-order chi connectivity index (χ1) is 6.33. The van der Waals surface area contributed by atoms with Crippen molar-refractivity contribution < 1.29 is 0 Å². The maximum Gasteiger partial charge on any atom is 0.0426 e. The fourth-order valence-corrected chi connectivity index (χ4v) is 1.74. The lowest BCUT2D eigenvalue weighted by Gasteiger charge is -2.05. The van der Waals surface area contributed by atoms with E-state index in [2.05, 4.69) is 12.2 Å². The Morgan fingerprint density at radius 2 is 2.31 bits per heavy atom. The summed E-state index contributed by atoms with van der Waals surface area (Å²) in [4.78, 5) is 0. The summed E-state index contributed by atoms with van der Waals surface area (Å²) in [5, 5.41) is 4.10. The average molecular weight is 216 g/mol. The monoisotopic (exact) mass is 215 g/mol. The Labute approximate surface area is 88.9 Å². The van der Waals surface area contributed by atoms with Gasteiger partial charge in [-0.05, 0) is 24.0 Å². The molecule has 1 aromatic rings. The van der Waals surface area contributed by atoms with Crippen molar-refractivity contribution in [2.75, 3.05) is 23.4 Å². The zero-order valence-corrected chi connectivity index (χ0v) is 9.29. The van der Waals surface area contributed by atoms with Crippen LogP contribution >= 0.6 is 23.4 Å².